The van der Waals surface area contributed by atoms with Gasteiger partial charge in [-0.1, -0.05) is 18.2 Å². The maximum atomic E-state index is 12.9. The predicted octanol–water partition coefficient (Wildman–Crippen LogP) is 3.62. The van der Waals surface area contributed by atoms with E-state index >= 15 is 0 Å². The van der Waals surface area contributed by atoms with Crippen molar-refractivity contribution in [3.63, 3.8) is 0 Å². The summed E-state index contributed by atoms with van der Waals surface area (Å²) in [6, 6.07) is 12.4. The molecule has 0 saturated heterocycles. The van der Waals surface area contributed by atoms with Gasteiger partial charge in [-0.2, -0.15) is 5.26 Å². The summed E-state index contributed by atoms with van der Waals surface area (Å²) in [7, 11) is 0. The fourth-order valence-corrected chi connectivity index (χ4v) is 4.32. The van der Waals surface area contributed by atoms with Crippen molar-refractivity contribution >= 4 is 44.6 Å². The van der Waals surface area contributed by atoms with Gasteiger partial charge in [0.05, 0.1) is 26.8 Å². The second-order valence-electron chi connectivity index (χ2n) is 5.80. The van der Waals surface area contributed by atoms with Gasteiger partial charge < -0.3 is 10.0 Å². The summed E-state index contributed by atoms with van der Waals surface area (Å²) < 4.78 is 0.819. The van der Waals surface area contributed by atoms with Gasteiger partial charge in [0, 0.05) is 18.5 Å². The molecule has 5 nitrogen and oxygen atoms in total. The molecule has 1 aliphatic heterocycles. The molecule has 1 amide bonds. The smallest absolute Gasteiger partial charge is 0.264 e. The highest BCUT2D eigenvalue weighted by molar-refractivity contribution is 9.11. The number of fused-ring (bicyclic) bond motifs is 1. The van der Waals surface area contributed by atoms with Crippen molar-refractivity contribution < 1.29 is 14.7 Å². The first-order valence-corrected chi connectivity index (χ1v) is 9.37. The lowest BCUT2D eigenvalue weighted by atomic mass is 9.89. The van der Waals surface area contributed by atoms with E-state index in [1.54, 1.807) is 36.4 Å². The minimum absolute atomic E-state index is 0.278. The van der Waals surface area contributed by atoms with Gasteiger partial charge in [0.1, 0.15) is 0 Å². The molecule has 0 fully saturated rings. The second-order valence-corrected chi connectivity index (χ2v) is 8.26. The Morgan fingerprint density at radius 1 is 1.32 bits per heavy atom. The summed E-state index contributed by atoms with van der Waals surface area (Å²) in [6.45, 7) is 0.338. The van der Waals surface area contributed by atoms with Crippen LogP contribution < -0.4 is 4.90 Å². The van der Waals surface area contributed by atoms with Gasteiger partial charge >= 0.3 is 0 Å². The number of nitriles is 1. The number of benzene rings is 1. The van der Waals surface area contributed by atoms with E-state index in [0.717, 1.165) is 3.79 Å². The van der Waals surface area contributed by atoms with Crippen LogP contribution in [0.3, 0.4) is 0 Å². The van der Waals surface area contributed by atoms with E-state index in [9.17, 15) is 14.7 Å². The zero-order chi connectivity index (χ0) is 18.0. The Morgan fingerprint density at radius 3 is 2.76 bits per heavy atom. The number of hydrogen-bond acceptors (Lipinski definition) is 5. The van der Waals surface area contributed by atoms with Crippen LogP contribution >= 0.6 is 27.3 Å². The van der Waals surface area contributed by atoms with Crippen LogP contribution in [0.25, 0.3) is 0 Å². The molecular weight excluding hydrogens is 404 g/mol. The Morgan fingerprint density at radius 2 is 2.08 bits per heavy atom. The lowest BCUT2D eigenvalue weighted by molar-refractivity contribution is -0.135. The molecule has 0 unspecified atom stereocenters. The van der Waals surface area contributed by atoms with Crippen molar-refractivity contribution in [2.75, 3.05) is 11.4 Å². The van der Waals surface area contributed by atoms with Crippen molar-refractivity contribution in [3.8, 4) is 6.07 Å². The average molecular weight is 419 g/mol. The van der Waals surface area contributed by atoms with E-state index in [2.05, 4.69) is 15.9 Å². The number of thiophene rings is 1. The maximum absolute atomic E-state index is 12.9. The number of hydrogen-bond donors (Lipinski definition) is 1. The lowest BCUT2D eigenvalue weighted by Gasteiger charge is -2.22. The number of anilines is 1. The molecule has 7 heteroatoms. The summed E-state index contributed by atoms with van der Waals surface area (Å²) >= 11 is 4.58. The molecule has 0 saturated carbocycles. The van der Waals surface area contributed by atoms with Gasteiger partial charge in [-0.25, -0.2) is 0 Å². The Balaban J connectivity index is 1.91. The molecule has 25 heavy (non-hydrogen) atoms. The van der Waals surface area contributed by atoms with Gasteiger partial charge in [-0.05, 0) is 40.5 Å². The number of carbonyl (C=O) groups excluding carboxylic acids is 2. The molecule has 2 aromatic rings. The van der Waals surface area contributed by atoms with Crippen LogP contribution in [-0.2, 0) is 10.4 Å². The SMILES string of the molecule is N#CCCCN1C(=O)[C@](O)(CC(=O)c2ccc(Br)s2)c2ccccc21. The van der Waals surface area contributed by atoms with Crippen LogP contribution in [0.1, 0.15) is 34.5 Å². The Kier molecular flexibility index (Phi) is 5.04. The number of Topliss-reactive ketones (excluding diaryl/α,β-unsaturated/α-hetero) is 1. The lowest BCUT2D eigenvalue weighted by Crippen LogP contribution is -2.42. The summed E-state index contributed by atoms with van der Waals surface area (Å²) in [4.78, 5) is 27.4. The fraction of sp³-hybridized carbons (Fsp3) is 0.278. The molecule has 1 atom stereocenters. The maximum Gasteiger partial charge on any atom is 0.264 e. The molecule has 0 spiro atoms. The molecule has 128 valence electrons. The molecular formula is C18H15BrN2O3S. The molecule has 1 aromatic heterocycles. The molecule has 1 N–H and O–H groups in total. The van der Waals surface area contributed by atoms with Crippen LogP contribution in [-0.4, -0.2) is 23.3 Å². The normalized spacial score (nSPS) is 18.9. The zero-order valence-corrected chi connectivity index (χ0v) is 15.6. The molecule has 1 aromatic carbocycles. The first kappa shape index (κ1) is 17.8. The largest absolute Gasteiger partial charge is 0.375 e. The van der Waals surface area contributed by atoms with Gasteiger partial charge in [0.25, 0.3) is 5.91 Å². The summed E-state index contributed by atoms with van der Waals surface area (Å²) in [5.74, 6) is -0.782. The van der Waals surface area contributed by atoms with Crippen LogP contribution in [0.4, 0.5) is 5.69 Å². The molecule has 2 heterocycles. The van der Waals surface area contributed by atoms with E-state index in [1.807, 2.05) is 6.07 Å². The molecule has 1 aliphatic rings. The van der Waals surface area contributed by atoms with Crippen LogP contribution in [0, 0.1) is 11.3 Å². The number of unbranched alkanes of at least 4 members (excludes halogenated alkanes) is 1. The average Bonchev–Trinajstić information content (AvgIpc) is 3.12. The molecule has 0 bridgehead atoms. The number of carbonyl (C=O) groups is 2. The van der Waals surface area contributed by atoms with Gasteiger partial charge in [-0.15, -0.1) is 11.3 Å². The summed E-state index contributed by atoms with van der Waals surface area (Å²) in [6.07, 6.45) is 0.537. The Hall–Kier alpha value is -2.01. The van der Waals surface area contributed by atoms with Crippen LogP contribution in [0.15, 0.2) is 40.2 Å². The minimum Gasteiger partial charge on any atom is -0.375 e. The minimum atomic E-state index is -1.86. The van der Waals surface area contributed by atoms with E-state index in [4.69, 9.17) is 5.26 Å². The van der Waals surface area contributed by atoms with Gasteiger partial charge in [0.15, 0.2) is 11.4 Å². The number of halogens is 1. The van der Waals surface area contributed by atoms with E-state index in [1.165, 1.54) is 16.2 Å². The second kappa shape index (κ2) is 7.08. The molecule has 0 radical (unpaired) electrons. The van der Waals surface area contributed by atoms with E-state index < -0.39 is 11.5 Å². The van der Waals surface area contributed by atoms with E-state index in [-0.39, 0.29) is 12.2 Å². The number of aliphatic hydroxyl groups is 1. The fourth-order valence-electron chi connectivity index (χ4n) is 3.00. The third-order valence-corrected chi connectivity index (χ3v) is 5.84. The molecule has 0 aliphatic carbocycles. The number of rotatable bonds is 6. The third kappa shape index (κ3) is 3.25. The first-order valence-electron chi connectivity index (χ1n) is 7.76. The van der Waals surface area contributed by atoms with Crippen molar-refractivity contribution in [1.82, 2.24) is 0 Å². The standard InChI is InChI=1S/C18H15BrN2O3S/c19-16-8-7-15(25-16)14(22)11-18(24)12-5-1-2-6-13(12)21(17(18)23)10-4-3-9-20/h1-2,5-8,24H,3-4,10-11H2/t18-/m0/s1. The Bertz CT molecular complexity index is 873. The Labute approximate surface area is 157 Å². The van der Waals surface area contributed by atoms with Crippen LogP contribution in [0.5, 0.6) is 0 Å². The van der Waals surface area contributed by atoms with Crippen molar-refractivity contribution in [3.05, 3.63) is 50.6 Å². The van der Waals surface area contributed by atoms with Gasteiger partial charge in [-0.3, -0.25) is 9.59 Å². The quantitative estimate of drug-likeness (QED) is 0.573. The topological polar surface area (TPSA) is 81.4 Å². The van der Waals surface area contributed by atoms with Crippen LogP contribution in [0.2, 0.25) is 0 Å². The number of para-hydroxylation sites is 1. The third-order valence-electron chi connectivity index (χ3n) is 4.17. The number of amides is 1. The van der Waals surface area contributed by atoms with E-state index in [0.29, 0.717) is 35.5 Å². The number of ketones is 1. The predicted molar refractivity (Wildman–Crippen MR) is 98.5 cm³/mol. The van der Waals surface area contributed by atoms with Gasteiger partial charge in [0.2, 0.25) is 0 Å². The van der Waals surface area contributed by atoms with Crippen molar-refractivity contribution in [2.24, 2.45) is 0 Å². The van der Waals surface area contributed by atoms with Crippen molar-refractivity contribution in [1.29, 1.82) is 5.26 Å². The summed E-state index contributed by atoms with van der Waals surface area (Å²) in [5.41, 5.74) is -0.814. The van der Waals surface area contributed by atoms with Crippen molar-refractivity contribution in [2.45, 2.75) is 24.9 Å². The number of nitrogens with zero attached hydrogens (tertiary/aromatic N) is 2. The molecule has 3 rings (SSSR count). The monoisotopic (exact) mass is 418 g/mol. The summed E-state index contributed by atoms with van der Waals surface area (Å²) in [5, 5.41) is 19.8. The highest BCUT2D eigenvalue weighted by Gasteiger charge is 2.50. The highest BCUT2D eigenvalue weighted by atomic mass is 79.9. The highest BCUT2D eigenvalue weighted by Crippen LogP contribution is 2.43. The zero-order valence-electron chi connectivity index (χ0n) is 13.2. The first-order chi connectivity index (χ1) is 12.0.